The van der Waals surface area contributed by atoms with Crippen LogP contribution in [0, 0.1) is 0 Å². The van der Waals surface area contributed by atoms with E-state index in [9.17, 15) is 14.7 Å². The van der Waals surface area contributed by atoms with Crippen molar-refractivity contribution < 1.29 is 14.7 Å². The second-order valence-electron chi connectivity index (χ2n) is 3.00. The van der Waals surface area contributed by atoms with Crippen molar-refractivity contribution in [2.24, 2.45) is 0 Å². The van der Waals surface area contributed by atoms with Crippen LogP contribution in [0.25, 0.3) is 0 Å². The number of aliphatic carboxylic acids is 1. The summed E-state index contributed by atoms with van der Waals surface area (Å²) >= 11 is 0. The number of hydrogen-bond acceptors (Lipinski definition) is 3. The molecule has 0 heterocycles. The maximum Gasteiger partial charge on any atom is 0.244 e. The van der Waals surface area contributed by atoms with Crippen molar-refractivity contribution in [3.05, 3.63) is 12.2 Å². The summed E-state index contributed by atoms with van der Waals surface area (Å²) in [6.07, 6.45) is 6.01. The Labute approximate surface area is 84.0 Å². The lowest BCUT2D eigenvalue weighted by Crippen LogP contribution is -2.24. The number of amides is 1. The third-order valence-corrected chi connectivity index (χ3v) is 1.70. The van der Waals surface area contributed by atoms with Crippen LogP contribution >= 0.6 is 0 Å². The topological polar surface area (TPSA) is 69.2 Å². The quantitative estimate of drug-likeness (QED) is 0.462. The summed E-state index contributed by atoms with van der Waals surface area (Å²) in [5.74, 6) is -1.74. The Bertz CT molecular complexity index is 211. The van der Waals surface area contributed by atoms with Gasteiger partial charge in [0.2, 0.25) is 5.91 Å². The summed E-state index contributed by atoms with van der Waals surface area (Å²) in [4.78, 5) is 20.8. The second kappa shape index (κ2) is 8.29. The number of carbonyl (C=O) groups is 2. The van der Waals surface area contributed by atoms with Gasteiger partial charge in [-0.3, -0.25) is 4.79 Å². The van der Waals surface area contributed by atoms with Gasteiger partial charge < -0.3 is 15.2 Å². The number of hydrogen-bond donors (Lipinski definition) is 1. The van der Waals surface area contributed by atoms with Crippen LogP contribution in [0.15, 0.2) is 12.2 Å². The minimum Gasteiger partial charge on any atom is -0.545 e. The molecule has 4 nitrogen and oxygen atoms in total. The molecule has 1 N–H and O–H groups in total. The van der Waals surface area contributed by atoms with E-state index in [1.165, 1.54) is 0 Å². The zero-order valence-corrected chi connectivity index (χ0v) is 8.41. The summed E-state index contributed by atoms with van der Waals surface area (Å²) in [6.45, 7) is 2.71. The molecule has 0 radical (unpaired) electrons. The SMILES string of the molecule is CCCCCCNC(=O)/C=C/C(=O)[O-]. The van der Waals surface area contributed by atoms with Crippen LogP contribution in [0.1, 0.15) is 32.6 Å². The van der Waals surface area contributed by atoms with E-state index in [4.69, 9.17) is 0 Å². The number of unbranched alkanes of at least 4 members (excludes halogenated alkanes) is 3. The summed E-state index contributed by atoms with van der Waals surface area (Å²) in [5.41, 5.74) is 0. The van der Waals surface area contributed by atoms with Crippen LogP contribution in [0.2, 0.25) is 0 Å². The van der Waals surface area contributed by atoms with Crippen LogP contribution in [0.4, 0.5) is 0 Å². The predicted molar refractivity (Wildman–Crippen MR) is 51.3 cm³/mol. The Morgan fingerprint density at radius 2 is 1.93 bits per heavy atom. The van der Waals surface area contributed by atoms with Gasteiger partial charge in [0, 0.05) is 12.6 Å². The molecule has 0 aliphatic heterocycles. The standard InChI is InChI=1S/C10H17NO3/c1-2-3-4-5-8-11-9(12)6-7-10(13)14/h6-7H,2-5,8H2,1H3,(H,11,12)(H,13,14)/p-1/b7-6+. The van der Waals surface area contributed by atoms with Gasteiger partial charge in [-0.15, -0.1) is 0 Å². The third-order valence-electron chi connectivity index (χ3n) is 1.70. The van der Waals surface area contributed by atoms with E-state index < -0.39 is 5.97 Å². The van der Waals surface area contributed by atoms with Crippen LogP contribution in [0.5, 0.6) is 0 Å². The lowest BCUT2D eigenvalue weighted by atomic mass is 10.2. The minimum atomic E-state index is -1.36. The minimum absolute atomic E-state index is 0.384. The smallest absolute Gasteiger partial charge is 0.244 e. The first-order chi connectivity index (χ1) is 6.66. The highest BCUT2D eigenvalue weighted by atomic mass is 16.4. The van der Waals surface area contributed by atoms with E-state index in [2.05, 4.69) is 12.2 Å². The van der Waals surface area contributed by atoms with Gasteiger partial charge in [0.25, 0.3) is 0 Å². The van der Waals surface area contributed by atoms with Gasteiger partial charge in [-0.1, -0.05) is 26.2 Å². The number of carbonyl (C=O) groups excluding carboxylic acids is 2. The van der Waals surface area contributed by atoms with Crippen LogP contribution in [0.3, 0.4) is 0 Å². The Kier molecular flexibility index (Phi) is 7.50. The summed E-state index contributed by atoms with van der Waals surface area (Å²) in [6, 6.07) is 0. The number of carboxylic acids is 1. The molecule has 0 aromatic heterocycles. The fourth-order valence-corrected chi connectivity index (χ4v) is 0.966. The normalized spacial score (nSPS) is 10.4. The Balaban J connectivity index is 3.40. The van der Waals surface area contributed by atoms with E-state index in [1.807, 2.05) is 0 Å². The maximum atomic E-state index is 10.9. The van der Waals surface area contributed by atoms with Crippen LogP contribution in [-0.4, -0.2) is 18.4 Å². The second-order valence-corrected chi connectivity index (χ2v) is 3.00. The van der Waals surface area contributed by atoms with Gasteiger partial charge in [-0.05, 0) is 12.5 Å². The maximum absolute atomic E-state index is 10.9. The van der Waals surface area contributed by atoms with E-state index in [-0.39, 0.29) is 5.91 Å². The number of carboxylic acid groups (broad SMARTS) is 1. The van der Waals surface area contributed by atoms with Crippen molar-refractivity contribution in [3.8, 4) is 0 Å². The number of nitrogens with one attached hydrogen (secondary N) is 1. The van der Waals surface area contributed by atoms with Gasteiger partial charge >= 0.3 is 0 Å². The van der Waals surface area contributed by atoms with Crippen molar-refractivity contribution in [3.63, 3.8) is 0 Å². The lowest BCUT2D eigenvalue weighted by molar-refractivity contribution is -0.297. The van der Waals surface area contributed by atoms with E-state index in [0.29, 0.717) is 6.54 Å². The lowest BCUT2D eigenvalue weighted by Gasteiger charge is -2.01. The van der Waals surface area contributed by atoms with Crippen molar-refractivity contribution in [2.45, 2.75) is 32.6 Å². The molecule has 0 aliphatic rings. The predicted octanol–water partition coefficient (Wildman–Crippen LogP) is -0.0110. The largest absolute Gasteiger partial charge is 0.545 e. The zero-order valence-electron chi connectivity index (χ0n) is 8.41. The summed E-state index contributed by atoms with van der Waals surface area (Å²) in [7, 11) is 0. The van der Waals surface area contributed by atoms with Crippen molar-refractivity contribution >= 4 is 11.9 Å². The average Bonchev–Trinajstić information content (AvgIpc) is 2.14. The molecule has 0 unspecified atom stereocenters. The van der Waals surface area contributed by atoms with Crippen molar-refractivity contribution in [1.29, 1.82) is 0 Å². The molecule has 0 rings (SSSR count). The molecule has 4 heteroatoms. The Morgan fingerprint density at radius 1 is 1.21 bits per heavy atom. The zero-order chi connectivity index (χ0) is 10.8. The first-order valence-corrected chi connectivity index (χ1v) is 4.83. The van der Waals surface area contributed by atoms with Crippen LogP contribution in [-0.2, 0) is 9.59 Å². The fraction of sp³-hybridized carbons (Fsp3) is 0.600. The highest BCUT2D eigenvalue weighted by molar-refractivity contribution is 5.93. The fourth-order valence-electron chi connectivity index (χ4n) is 0.966. The molecular weight excluding hydrogens is 182 g/mol. The molecular formula is C10H16NO3-. The Morgan fingerprint density at radius 3 is 2.50 bits per heavy atom. The van der Waals surface area contributed by atoms with Crippen molar-refractivity contribution in [1.82, 2.24) is 5.32 Å². The van der Waals surface area contributed by atoms with Crippen LogP contribution < -0.4 is 10.4 Å². The molecule has 0 bridgehead atoms. The molecule has 1 amide bonds. The molecule has 0 saturated heterocycles. The van der Waals surface area contributed by atoms with Gasteiger partial charge in [-0.2, -0.15) is 0 Å². The first kappa shape index (κ1) is 12.7. The molecule has 80 valence electrons. The molecule has 0 spiro atoms. The van der Waals surface area contributed by atoms with E-state index in [0.717, 1.165) is 37.8 Å². The van der Waals surface area contributed by atoms with Gasteiger partial charge in [0.1, 0.15) is 0 Å². The molecule has 0 atom stereocenters. The molecule has 14 heavy (non-hydrogen) atoms. The molecule has 0 aliphatic carbocycles. The highest BCUT2D eigenvalue weighted by Gasteiger charge is 1.93. The summed E-state index contributed by atoms with van der Waals surface area (Å²) < 4.78 is 0. The monoisotopic (exact) mass is 198 g/mol. The van der Waals surface area contributed by atoms with Crippen molar-refractivity contribution in [2.75, 3.05) is 6.54 Å². The third kappa shape index (κ3) is 8.77. The van der Waals surface area contributed by atoms with Gasteiger partial charge in [-0.25, -0.2) is 0 Å². The highest BCUT2D eigenvalue weighted by Crippen LogP contribution is 1.96. The molecule has 0 fully saturated rings. The molecule has 0 saturated carbocycles. The summed E-state index contributed by atoms with van der Waals surface area (Å²) in [5, 5.41) is 12.5. The molecule has 0 aromatic rings. The Hall–Kier alpha value is -1.32. The first-order valence-electron chi connectivity index (χ1n) is 4.83. The van der Waals surface area contributed by atoms with E-state index >= 15 is 0 Å². The van der Waals surface area contributed by atoms with E-state index in [1.54, 1.807) is 0 Å². The number of rotatable bonds is 7. The van der Waals surface area contributed by atoms with Gasteiger partial charge in [0.05, 0.1) is 5.97 Å². The average molecular weight is 198 g/mol. The molecule has 0 aromatic carbocycles. The van der Waals surface area contributed by atoms with Gasteiger partial charge in [0.15, 0.2) is 0 Å².